The van der Waals surface area contributed by atoms with E-state index in [0.29, 0.717) is 4.34 Å². The van der Waals surface area contributed by atoms with Crippen LogP contribution in [0.3, 0.4) is 0 Å². The van der Waals surface area contributed by atoms with Crippen molar-refractivity contribution in [2.75, 3.05) is 5.65 Å². The van der Waals surface area contributed by atoms with Crippen molar-refractivity contribution in [1.82, 2.24) is 4.98 Å². The molecule has 0 aliphatic carbocycles. The van der Waals surface area contributed by atoms with Crippen LogP contribution in [0.2, 0.25) is 0 Å². The molecule has 1 rings (SSSR count). The van der Waals surface area contributed by atoms with Crippen molar-refractivity contribution in [3.8, 4) is 0 Å². The first-order valence-corrected chi connectivity index (χ1v) is 5.10. The molecule has 0 aliphatic heterocycles. The van der Waals surface area contributed by atoms with Crippen molar-refractivity contribution < 1.29 is 64.3 Å². The normalized spacial score (nSPS) is 11.1. The van der Waals surface area contributed by atoms with Gasteiger partial charge in [-0.3, -0.25) is 0 Å². The summed E-state index contributed by atoms with van der Waals surface area (Å²) in [7, 11) is 0. The molecule has 0 saturated heterocycles. The summed E-state index contributed by atoms with van der Waals surface area (Å²) < 4.78 is 35.8. The maximum absolute atomic E-state index is 11.8. The molecule has 0 saturated carbocycles. The Morgan fingerprint density at radius 3 is 2.54 bits per heavy atom. The molecule has 0 bridgehead atoms. The molecule has 0 aromatic carbocycles. The molecular weight excluding hydrogens is 245 g/mol. The molecule has 0 amide bonds. The first kappa shape index (κ1) is 14.5. The van der Waals surface area contributed by atoms with E-state index in [-0.39, 0.29) is 51.4 Å². The van der Waals surface area contributed by atoms with Crippen LogP contribution < -0.4 is 51.4 Å². The molecule has 0 fully saturated rings. The monoisotopic (exact) mass is 251 g/mol. The maximum atomic E-state index is 11.8. The summed E-state index contributed by atoms with van der Waals surface area (Å²) >= 11 is 2.01. The standard InChI is InChI=1S/C5H6BF3NS2.K/c1-4-2-11-5(10-4)12-3-6(7,8)9;/h2H,3H2,1H3;/q-1;+1. The molecule has 0 N–H and O–H groups in total. The van der Waals surface area contributed by atoms with Gasteiger partial charge in [0.15, 0.2) is 0 Å². The summed E-state index contributed by atoms with van der Waals surface area (Å²) in [5.41, 5.74) is -0.0235. The van der Waals surface area contributed by atoms with E-state index in [9.17, 15) is 12.9 Å². The summed E-state index contributed by atoms with van der Waals surface area (Å²) in [6.07, 6.45) is 0. The average molecular weight is 251 g/mol. The van der Waals surface area contributed by atoms with E-state index in [4.69, 9.17) is 0 Å². The molecular formula is C5H6BF3KNS2. The van der Waals surface area contributed by atoms with E-state index >= 15 is 0 Å². The van der Waals surface area contributed by atoms with Gasteiger partial charge in [-0.15, -0.1) is 23.1 Å². The average Bonchev–Trinajstić information content (AvgIpc) is 2.30. The van der Waals surface area contributed by atoms with Crippen LogP contribution in [-0.2, 0) is 0 Å². The van der Waals surface area contributed by atoms with E-state index in [2.05, 4.69) is 4.98 Å². The number of hydrogen-bond acceptors (Lipinski definition) is 3. The molecule has 1 nitrogen and oxygen atoms in total. The zero-order valence-electron chi connectivity index (χ0n) is 7.26. The number of halogens is 3. The van der Waals surface area contributed by atoms with E-state index in [0.717, 1.165) is 17.5 Å². The Kier molecular flexibility index (Phi) is 6.84. The fourth-order valence-electron chi connectivity index (χ4n) is 0.564. The molecule has 8 heteroatoms. The Balaban J connectivity index is 0.00000144. The van der Waals surface area contributed by atoms with Crippen LogP contribution in [0, 0.1) is 6.92 Å². The molecule has 1 aromatic rings. The van der Waals surface area contributed by atoms with Crippen LogP contribution in [0.25, 0.3) is 0 Å². The van der Waals surface area contributed by atoms with Crippen molar-refractivity contribution in [2.45, 2.75) is 11.3 Å². The van der Waals surface area contributed by atoms with Gasteiger partial charge < -0.3 is 12.9 Å². The van der Waals surface area contributed by atoms with E-state index in [1.165, 1.54) is 11.3 Å². The second-order valence-electron chi connectivity index (χ2n) is 2.28. The molecule has 13 heavy (non-hydrogen) atoms. The summed E-state index contributed by atoms with van der Waals surface area (Å²) in [6, 6.07) is 0. The maximum Gasteiger partial charge on any atom is 1.00 e. The molecule has 68 valence electrons. The Bertz CT molecular complexity index is 265. The van der Waals surface area contributed by atoms with Crippen molar-refractivity contribution in [1.29, 1.82) is 0 Å². The Labute approximate surface area is 125 Å². The van der Waals surface area contributed by atoms with Crippen molar-refractivity contribution >= 4 is 30.1 Å². The number of rotatable bonds is 3. The van der Waals surface area contributed by atoms with Crippen LogP contribution >= 0.6 is 23.1 Å². The zero-order chi connectivity index (χ0) is 9.19. The summed E-state index contributed by atoms with van der Waals surface area (Å²) in [5.74, 6) is 0. The minimum absolute atomic E-state index is 0. The Morgan fingerprint density at radius 2 is 2.15 bits per heavy atom. The summed E-state index contributed by atoms with van der Waals surface area (Å²) in [6.45, 7) is -2.93. The van der Waals surface area contributed by atoms with Gasteiger partial charge in [-0.1, -0.05) is 0 Å². The Morgan fingerprint density at radius 1 is 1.54 bits per heavy atom. The van der Waals surface area contributed by atoms with E-state index in [1.807, 2.05) is 0 Å². The first-order chi connectivity index (χ1) is 5.47. The predicted octanol–water partition coefficient (Wildman–Crippen LogP) is -0.0658. The van der Waals surface area contributed by atoms with Crippen LogP contribution in [0.5, 0.6) is 0 Å². The van der Waals surface area contributed by atoms with Gasteiger partial charge >= 0.3 is 58.4 Å². The molecule has 1 heterocycles. The van der Waals surface area contributed by atoms with Gasteiger partial charge in [0, 0.05) is 11.1 Å². The van der Waals surface area contributed by atoms with Crippen molar-refractivity contribution in [2.24, 2.45) is 0 Å². The van der Waals surface area contributed by atoms with Gasteiger partial charge in [0.05, 0.1) is 0 Å². The van der Waals surface area contributed by atoms with E-state index in [1.54, 1.807) is 12.3 Å². The number of thiazole rings is 1. The molecule has 0 unspecified atom stereocenters. The fourth-order valence-corrected chi connectivity index (χ4v) is 2.25. The van der Waals surface area contributed by atoms with Gasteiger partial charge in [0.1, 0.15) is 4.34 Å². The zero-order valence-corrected chi connectivity index (χ0v) is 12.0. The second-order valence-corrected chi connectivity index (χ2v) is 4.40. The van der Waals surface area contributed by atoms with Crippen LogP contribution in [0.1, 0.15) is 5.69 Å². The third-order valence-corrected chi connectivity index (χ3v) is 3.27. The Hall–Kier alpha value is 1.47. The van der Waals surface area contributed by atoms with Gasteiger partial charge in [-0.25, -0.2) is 4.98 Å². The van der Waals surface area contributed by atoms with E-state index < -0.39 is 12.6 Å². The van der Waals surface area contributed by atoms with Gasteiger partial charge in [-0.2, -0.15) is 0 Å². The third-order valence-electron chi connectivity index (χ3n) is 0.994. The summed E-state index contributed by atoms with van der Waals surface area (Å²) in [4.78, 5) is 3.91. The number of aryl methyl sites for hydroxylation is 1. The van der Waals surface area contributed by atoms with Crippen LogP contribution in [0.4, 0.5) is 12.9 Å². The largest absolute Gasteiger partial charge is 1.00 e. The van der Waals surface area contributed by atoms with Crippen LogP contribution in [-0.4, -0.2) is 17.6 Å². The second kappa shape index (κ2) is 6.14. The van der Waals surface area contributed by atoms with Gasteiger partial charge in [-0.05, 0) is 12.6 Å². The van der Waals surface area contributed by atoms with Crippen molar-refractivity contribution in [3.05, 3.63) is 11.1 Å². The molecule has 0 radical (unpaired) electrons. The molecule has 0 aliphatic rings. The first-order valence-electron chi connectivity index (χ1n) is 3.23. The number of nitrogens with zero attached hydrogens (tertiary/aromatic N) is 1. The van der Waals surface area contributed by atoms with Gasteiger partial charge in [0.2, 0.25) is 0 Å². The molecule has 0 spiro atoms. The van der Waals surface area contributed by atoms with Gasteiger partial charge in [0.25, 0.3) is 0 Å². The topological polar surface area (TPSA) is 12.9 Å². The quantitative estimate of drug-likeness (QED) is 0.551. The smallest absolute Gasteiger partial charge is 0.448 e. The number of hydrogen-bond donors (Lipinski definition) is 0. The minimum Gasteiger partial charge on any atom is -0.448 e. The molecule has 0 atom stereocenters. The number of thioether (sulfide) groups is 1. The molecule has 1 aromatic heterocycles. The fraction of sp³-hybridized carbons (Fsp3) is 0.400. The predicted molar refractivity (Wildman–Crippen MR) is 46.7 cm³/mol. The SMILES string of the molecule is Cc1csc(SC[B-](F)(F)F)n1.[K+]. The third kappa shape index (κ3) is 6.53. The minimum atomic E-state index is -4.69. The summed E-state index contributed by atoms with van der Waals surface area (Å²) in [5, 5.41) is 1.74. The number of aromatic nitrogens is 1. The van der Waals surface area contributed by atoms with Crippen LogP contribution in [0.15, 0.2) is 9.72 Å². The van der Waals surface area contributed by atoms with Crippen molar-refractivity contribution in [3.63, 3.8) is 0 Å².